The van der Waals surface area contributed by atoms with Crippen molar-refractivity contribution in [1.29, 1.82) is 0 Å². The number of morpholine rings is 1. The fourth-order valence-corrected chi connectivity index (χ4v) is 2.28. The molecule has 0 spiro atoms. The molecule has 2 rings (SSSR count). The van der Waals surface area contributed by atoms with Crippen molar-refractivity contribution < 1.29 is 14.6 Å². The standard InChI is InChI=1S/C14H20N2O3/c1-10(7-13-9-19-6-5-15-13)16-12-4-2-3-11(8-12)14(17)18/h2-4,8,10,13,15-16H,5-7,9H2,1H3,(H,17,18). The third kappa shape index (κ3) is 4.22. The third-order valence-corrected chi connectivity index (χ3v) is 3.16. The van der Waals surface area contributed by atoms with E-state index >= 15 is 0 Å². The van der Waals surface area contributed by atoms with Crippen molar-refractivity contribution in [2.75, 3.05) is 25.1 Å². The lowest BCUT2D eigenvalue weighted by Crippen LogP contribution is -2.43. The van der Waals surface area contributed by atoms with Gasteiger partial charge in [0.15, 0.2) is 0 Å². The van der Waals surface area contributed by atoms with Gasteiger partial charge in [-0.15, -0.1) is 0 Å². The van der Waals surface area contributed by atoms with Gasteiger partial charge in [-0.2, -0.15) is 0 Å². The normalized spacial score (nSPS) is 20.8. The van der Waals surface area contributed by atoms with Crippen molar-refractivity contribution in [2.24, 2.45) is 0 Å². The molecule has 0 aliphatic carbocycles. The minimum Gasteiger partial charge on any atom is -0.478 e. The van der Waals surface area contributed by atoms with Crippen LogP contribution in [0.1, 0.15) is 23.7 Å². The van der Waals surface area contributed by atoms with Crippen molar-refractivity contribution in [3.63, 3.8) is 0 Å². The van der Waals surface area contributed by atoms with E-state index in [9.17, 15) is 4.79 Å². The van der Waals surface area contributed by atoms with E-state index < -0.39 is 5.97 Å². The van der Waals surface area contributed by atoms with Gasteiger partial charge in [-0.1, -0.05) is 6.07 Å². The first-order valence-electron chi connectivity index (χ1n) is 6.56. The van der Waals surface area contributed by atoms with E-state index in [0.29, 0.717) is 11.6 Å². The fraction of sp³-hybridized carbons (Fsp3) is 0.500. The molecule has 0 amide bonds. The smallest absolute Gasteiger partial charge is 0.335 e. The largest absolute Gasteiger partial charge is 0.478 e. The Kier molecular flexibility index (Phi) is 4.76. The van der Waals surface area contributed by atoms with Crippen LogP contribution in [0.15, 0.2) is 24.3 Å². The first kappa shape index (κ1) is 13.8. The maximum Gasteiger partial charge on any atom is 0.335 e. The quantitative estimate of drug-likeness (QED) is 0.753. The van der Waals surface area contributed by atoms with Crippen LogP contribution >= 0.6 is 0 Å². The summed E-state index contributed by atoms with van der Waals surface area (Å²) in [5.41, 5.74) is 1.14. The summed E-state index contributed by atoms with van der Waals surface area (Å²) < 4.78 is 5.42. The average Bonchev–Trinajstić information content (AvgIpc) is 2.40. The van der Waals surface area contributed by atoms with Crippen LogP contribution in [0.3, 0.4) is 0 Å². The van der Waals surface area contributed by atoms with Gasteiger partial charge in [0.2, 0.25) is 0 Å². The Hall–Kier alpha value is -1.59. The molecule has 0 saturated carbocycles. The highest BCUT2D eigenvalue weighted by Crippen LogP contribution is 2.14. The van der Waals surface area contributed by atoms with Gasteiger partial charge in [-0.25, -0.2) is 4.79 Å². The molecule has 1 aromatic carbocycles. The zero-order chi connectivity index (χ0) is 13.7. The number of carboxylic acid groups (broad SMARTS) is 1. The fourth-order valence-electron chi connectivity index (χ4n) is 2.28. The lowest BCUT2D eigenvalue weighted by molar-refractivity contribution is 0.0697. The Balaban J connectivity index is 1.88. The van der Waals surface area contributed by atoms with Gasteiger partial charge in [0.25, 0.3) is 0 Å². The average molecular weight is 264 g/mol. The van der Waals surface area contributed by atoms with E-state index in [4.69, 9.17) is 9.84 Å². The van der Waals surface area contributed by atoms with Crippen molar-refractivity contribution in [2.45, 2.75) is 25.4 Å². The van der Waals surface area contributed by atoms with Gasteiger partial charge >= 0.3 is 5.97 Å². The first-order chi connectivity index (χ1) is 9.15. The Morgan fingerprint density at radius 1 is 1.63 bits per heavy atom. The monoisotopic (exact) mass is 264 g/mol. The molecule has 2 unspecified atom stereocenters. The maximum atomic E-state index is 10.9. The van der Waals surface area contributed by atoms with Crippen LogP contribution in [-0.4, -0.2) is 42.9 Å². The highest BCUT2D eigenvalue weighted by molar-refractivity contribution is 5.88. The zero-order valence-electron chi connectivity index (χ0n) is 11.1. The lowest BCUT2D eigenvalue weighted by Gasteiger charge is -2.27. The highest BCUT2D eigenvalue weighted by atomic mass is 16.5. The number of ether oxygens (including phenoxy) is 1. The number of hydrogen-bond donors (Lipinski definition) is 3. The summed E-state index contributed by atoms with van der Waals surface area (Å²) in [6.07, 6.45) is 0.942. The molecular formula is C14H20N2O3. The molecule has 19 heavy (non-hydrogen) atoms. The molecule has 104 valence electrons. The number of carboxylic acids is 1. The molecule has 2 atom stereocenters. The highest BCUT2D eigenvalue weighted by Gasteiger charge is 2.16. The van der Waals surface area contributed by atoms with E-state index in [1.165, 1.54) is 0 Å². The SMILES string of the molecule is CC(CC1COCCN1)Nc1cccc(C(=O)O)c1. The van der Waals surface area contributed by atoms with Crippen LogP contribution in [0.5, 0.6) is 0 Å². The second-order valence-corrected chi connectivity index (χ2v) is 4.89. The number of aromatic carboxylic acids is 1. The van der Waals surface area contributed by atoms with Crippen molar-refractivity contribution >= 4 is 11.7 Å². The topological polar surface area (TPSA) is 70.6 Å². The van der Waals surface area contributed by atoms with E-state index in [1.54, 1.807) is 18.2 Å². The van der Waals surface area contributed by atoms with Crippen molar-refractivity contribution in [3.8, 4) is 0 Å². The van der Waals surface area contributed by atoms with Crippen LogP contribution in [0.4, 0.5) is 5.69 Å². The van der Waals surface area contributed by atoms with E-state index in [1.807, 2.05) is 6.07 Å². The number of carbonyl (C=O) groups is 1. The van der Waals surface area contributed by atoms with Gasteiger partial charge in [-0.3, -0.25) is 0 Å². The van der Waals surface area contributed by atoms with E-state index in [-0.39, 0.29) is 6.04 Å². The summed E-state index contributed by atoms with van der Waals surface area (Å²) in [4.78, 5) is 10.9. The van der Waals surface area contributed by atoms with Crippen molar-refractivity contribution in [1.82, 2.24) is 5.32 Å². The molecule has 1 saturated heterocycles. The van der Waals surface area contributed by atoms with Gasteiger partial charge in [0.05, 0.1) is 18.8 Å². The second-order valence-electron chi connectivity index (χ2n) is 4.89. The third-order valence-electron chi connectivity index (χ3n) is 3.16. The molecule has 1 fully saturated rings. The maximum absolute atomic E-state index is 10.9. The Bertz CT molecular complexity index is 430. The first-order valence-corrected chi connectivity index (χ1v) is 6.56. The number of anilines is 1. The van der Waals surface area contributed by atoms with Gasteiger partial charge in [0, 0.05) is 24.3 Å². The Labute approximate surface area is 113 Å². The summed E-state index contributed by atoms with van der Waals surface area (Å²) in [5, 5.41) is 15.7. The van der Waals surface area contributed by atoms with Crippen molar-refractivity contribution in [3.05, 3.63) is 29.8 Å². The number of rotatable bonds is 5. The minimum atomic E-state index is -0.904. The number of benzene rings is 1. The van der Waals surface area contributed by atoms with E-state index in [0.717, 1.165) is 31.9 Å². The predicted molar refractivity (Wildman–Crippen MR) is 73.7 cm³/mol. The zero-order valence-corrected chi connectivity index (χ0v) is 11.1. The molecule has 1 aliphatic rings. The second kappa shape index (κ2) is 6.54. The molecule has 3 N–H and O–H groups in total. The lowest BCUT2D eigenvalue weighted by atomic mass is 10.1. The molecule has 1 aromatic rings. The summed E-state index contributed by atoms with van der Waals surface area (Å²) in [7, 11) is 0. The Morgan fingerprint density at radius 3 is 3.16 bits per heavy atom. The van der Waals surface area contributed by atoms with Gasteiger partial charge < -0.3 is 20.5 Å². The van der Waals surface area contributed by atoms with Crippen LogP contribution < -0.4 is 10.6 Å². The molecule has 0 radical (unpaired) electrons. The number of hydrogen-bond acceptors (Lipinski definition) is 4. The molecule has 0 bridgehead atoms. The van der Waals surface area contributed by atoms with Gasteiger partial charge in [-0.05, 0) is 31.5 Å². The molecule has 5 heteroatoms. The minimum absolute atomic E-state index is 0.253. The molecule has 0 aromatic heterocycles. The van der Waals surface area contributed by atoms with Crippen LogP contribution in [0.2, 0.25) is 0 Å². The summed E-state index contributed by atoms with van der Waals surface area (Å²) >= 11 is 0. The predicted octanol–water partition coefficient (Wildman–Crippen LogP) is 1.56. The van der Waals surface area contributed by atoms with Crippen LogP contribution in [-0.2, 0) is 4.74 Å². The summed E-state index contributed by atoms with van der Waals surface area (Å²) in [6.45, 7) is 4.50. The molecular weight excluding hydrogens is 244 g/mol. The summed E-state index contributed by atoms with van der Waals surface area (Å²) in [6, 6.07) is 7.49. The molecule has 1 aliphatic heterocycles. The van der Waals surface area contributed by atoms with E-state index in [2.05, 4.69) is 17.6 Å². The molecule has 1 heterocycles. The number of nitrogens with one attached hydrogen (secondary N) is 2. The van der Waals surface area contributed by atoms with Crippen LogP contribution in [0.25, 0.3) is 0 Å². The van der Waals surface area contributed by atoms with Gasteiger partial charge in [0.1, 0.15) is 0 Å². The Morgan fingerprint density at radius 2 is 2.47 bits per heavy atom. The molecule has 5 nitrogen and oxygen atoms in total. The summed E-state index contributed by atoms with van der Waals surface area (Å²) in [5.74, 6) is -0.904. The van der Waals surface area contributed by atoms with Crippen LogP contribution in [0, 0.1) is 0 Å².